The predicted molar refractivity (Wildman–Crippen MR) is 108 cm³/mol. The normalized spacial score (nSPS) is 12.8. The summed E-state index contributed by atoms with van der Waals surface area (Å²) in [4.78, 5) is 24.4. The second-order valence-corrected chi connectivity index (χ2v) is 6.87. The minimum absolute atomic E-state index is 0.0885. The number of carbonyl (C=O) groups is 2. The van der Waals surface area contributed by atoms with Crippen LogP contribution in [0.2, 0.25) is 5.02 Å². The van der Waals surface area contributed by atoms with Crippen LogP contribution >= 0.6 is 11.6 Å². The summed E-state index contributed by atoms with van der Waals surface area (Å²) < 4.78 is 5.52. The molecule has 0 aliphatic rings. The van der Waals surface area contributed by atoms with E-state index >= 15 is 0 Å². The van der Waals surface area contributed by atoms with Crippen molar-refractivity contribution in [3.63, 3.8) is 0 Å². The molecule has 2 unspecified atom stereocenters. The van der Waals surface area contributed by atoms with Crippen molar-refractivity contribution < 1.29 is 14.0 Å². The molecular weight excluding hydrogens is 376 g/mol. The van der Waals surface area contributed by atoms with Gasteiger partial charge in [0, 0.05) is 11.9 Å². The van der Waals surface area contributed by atoms with Crippen molar-refractivity contribution in [1.82, 2.24) is 10.6 Å². The van der Waals surface area contributed by atoms with Gasteiger partial charge in [-0.2, -0.15) is 0 Å². The maximum Gasteiger partial charge on any atom is 0.223 e. The molecule has 1 aromatic heterocycles. The lowest BCUT2D eigenvalue weighted by atomic mass is 10.0. The van der Waals surface area contributed by atoms with E-state index in [1.54, 1.807) is 36.6 Å². The highest BCUT2D eigenvalue weighted by Gasteiger charge is 2.22. The molecule has 2 aromatic carbocycles. The topological polar surface area (TPSA) is 71.3 Å². The van der Waals surface area contributed by atoms with Gasteiger partial charge in [0.15, 0.2) is 0 Å². The molecule has 0 saturated heterocycles. The van der Waals surface area contributed by atoms with Crippen molar-refractivity contribution in [3.05, 3.63) is 94.9 Å². The molecule has 0 fully saturated rings. The first-order valence-corrected chi connectivity index (χ1v) is 9.31. The Kier molecular flexibility index (Phi) is 6.50. The highest BCUT2D eigenvalue weighted by atomic mass is 35.5. The highest BCUT2D eigenvalue weighted by molar-refractivity contribution is 6.30. The number of halogens is 1. The van der Waals surface area contributed by atoms with Gasteiger partial charge in [0.2, 0.25) is 11.8 Å². The Balaban J connectivity index is 1.78. The first-order valence-electron chi connectivity index (χ1n) is 8.93. The summed E-state index contributed by atoms with van der Waals surface area (Å²) in [5.74, 6) is 0.222. The smallest absolute Gasteiger partial charge is 0.223 e. The molecule has 2 N–H and O–H groups in total. The Hall–Kier alpha value is -3.05. The molecular formula is C22H21ClN2O3. The fourth-order valence-corrected chi connectivity index (χ4v) is 3.14. The van der Waals surface area contributed by atoms with Crippen LogP contribution in [0.25, 0.3) is 0 Å². The minimum atomic E-state index is -0.456. The Morgan fingerprint density at radius 2 is 1.64 bits per heavy atom. The number of nitrogens with one attached hydrogen (secondary N) is 2. The molecule has 0 aliphatic carbocycles. The number of hydrogen-bond donors (Lipinski definition) is 2. The number of hydrogen-bond acceptors (Lipinski definition) is 3. The fraction of sp³-hybridized carbons (Fsp3) is 0.182. The third kappa shape index (κ3) is 5.24. The molecule has 144 valence electrons. The van der Waals surface area contributed by atoms with Crippen LogP contribution in [-0.4, -0.2) is 11.8 Å². The van der Waals surface area contributed by atoms with Gasteiger partial charge < -0.3 is 15.1 Å². The van der Waals surface area contributed by atoms with E-state index in [1.165, 1.54) is 6.92 Å². The fourth-order valence-electron chi connectivity index (χ4n) is 3.02. The zero-order valence-corrected chi connectivity index (χ0v) is 16.1. The van der Waals surface area contributed by atoms with E-state index in [4.69, 9.17) is 16.0 Å². The molecule has 3 rings (SSSR count). The number of amides is 2. The summed E-state index contributed by atoms with van der Waals surface area (Å²) in [5.41, 5.74) is 1.72. The average molecular weight is 397 g/mol. The molecule has 6 heteroatoms. The molecule has 0 bridgehead atoms. The Morgan fingerprint density at radius 3 is 2.25 bits per heavy atom. The number of furan rings is 1. The standard InChI is InChI=1S/C22H21ClN2O3/c1-15(26)24-19(16-9-11-18(23)12-10-16)14-21(27)25-22(20-8-5-13-28-20)17-6-3-2-4-7-17/h2-13,19,22H,14H2,1H3,(H,24,26)(H,25,27). The van der Waals surface area contributed by atoms with E-state index in [0.717, 1.165) is 11.1 Å². The highest BCUT2D eigenvalue weighted by Crippen LogP contribution is 2.24. The molecule has 0 saturated carbocycles. The van der Waals surface area contributed by atoms with Crippen molar-refractivity contribution in [2.24, 2.45) is 0 Å². The van der Waals surface area contributed by atoms with Crippen LogP contribution in [0.5, 0.6) is 0 Å². The third-order valence-corrected chi connectivity index (χ3v) is 4.56. The summed E-state index contributed by atoms with van der Waals surface area (Å²) >= 11 is 5.94. The average Bonchev–Trinajstić information content (AvgIpc) is 3.21. The maximum absolute atomic E-state index is 12.8. The van der Waals surface area contributed by atoms with Crippen LogP contribution in [-0.2, 0) is 9.59 Å². The maximum atomic E-state index is 12.8. The molecule has 1 heterocycles. The largest absolute Gasteiger partial charge is 0.467 e. The molecule has 2 atom stereocenters. The van der Waals surface area contributed by atoms with Gasteiger partial charge >= 0.3 is 0 Å². The molecule has 2 amide bonds. The summed E-state index contributed by atoms with van der Waals surface area (Å²) in [6, 6.07) is 19.4. The van der Waals surface area contributed by atoms with Gasteiger partial charge in [-0.05, 0) is 35.4 Å². The lowest BCUT2D eigenvalue weighted by molar-refractivity contribution is -0.123. The minimum Gasteiger partial charge on any atom is -0.467 e. The van der Waals surface area contributed by atoms with Crippen LogP contribution in [0.4, 0.5) is 0 Å². The lowest BCUT2D eigenvalue weighted by Gasteiger charge is -2.21. The van der Waals surface area contributed by atoms with E-state index in [2.05, 4.69) is 10.6 Å². The van der Waals surface area contributed by atoms with Crippen molar-refractivity contribution in [2.75, 3.05) is 0 Å². The van der Waals surface area contributed by atoms with Gasteiger partial charge in [-0.25, -0.2) is 0 Å². The van der Waals surface area contributed by atoms with Gasteiger partial charge in [-0.15, -0.1) is 0 Å². The van der Waals surface area contributed by atoms with Crippen molar-refractivity contribution in [2.45, 2.75) is 25.4 Å². The van der Waals surface area contributed by atoms with E-state index in [1.807, 2.05) is 36.4 Å². The van der Waals surface area contributed by atoms with Crippen LogP contribution in [0.15, 0.2) is 77.4 Å². The van der Waals surface area contributed by atoms with Gasteiger partial charge in [0.05, 0.1) is 18.7 Å². The van der Waals surface area contributed by atoms with Gasteiger partial charge in [0.1, 0.15) is 11.8 Å². The van der Waals surface area contributed by atoms with E-state index < -0.39 is 12.1 Å². The molecule has 5 nitrogen and oxygen atoms in total. The molecule has 0 aliphatic heterocycles. The summed E-state index contributed by atoms with van der Waals surface area (Å²) in [7, 11) is 0. The van der Waals surface area contributed by atoms with E-state index in [0.29, 0.717) is 10.8 Å². The Morgan fingerprint density at radius 1 is 0.929 bits per heavy atom. The summed E-state index contributed by atoms with van der Waals surface area (Å²) in [6.07, 6.45) is 1.66. The second kappa shape index (κ2) is 9.24. The number of benzene rings is 2. The van der Waals surface area contributed by atoms with E-state index in [-0.39, 0.29) is 18.2 Å². The van der Waals surface area contributed by atoms with Crippen LogP contribution in [0.3, 0.4) is 0 Å². The zero-order valence-electron chi connectivity index (χ0n) is 15.4. The summed E-state index contributed by atoms with van der Waals surface area (Å²) in [5, 5.41) is 6.43. The van der Waals surface area contributed by atoms with E-state index in [9.17, 15) is 9.59 Å². The quantitative estimate of drug-likeness (QED) is 0.621. The monoisotopic (exact) mass is 396 g/mol. The number of rotatable bonds is 7. The lowest BCUT2D eigenvalue weighted by Crippen LogP contribution is -2.34. The first kappa shape index (κ1) is 19.7. The van der Waals surface area contributed by atoms with Crippen molar-refractivity contribution >= 4 is 23.4 Å². The van der Waals surface area contributed by atoms with Gasteiger partial charge in [-0.1, -0.05) is 54.1 Å². The van der Waals surface area contributed by atoms with Gasteiger partial charge in [-0.3, -0.25) is 9.59 Å². The molecule has 0 spiro atoms. The zero-order chi connectivity index (χ0) is 19.9. The molecule has 3 aromatic rings. The third-order valence-electron chi connectivity index (χ3n) is 4.31. The summed E-state index contributed by atoms with van der Waals surface area (Å²) in [6.45, 7) is 1.43. The van der Waals surface area contributed by atoms with Crippen molar-refractivity contribution in [3.8, 4) is 0 Å². The van der Waals surface area contributed by atoms with Gasteiger partial charge in [0.25, 0.3) is 0 Å². The molecule has 0 radical (unpaired) electrons. The predicted octanol–water partition coefficient (Wildman–Crippen LogP) is 4.41. The SMILES string of the molecule is CC(=O)NC(CC(=O)NC(c1ccccc1)c1ccco1)c1ccc(Cl)cc1. The van der Waals surface area contributed by atoms with Crippen LogP contribution in [0, 0.1) is 0 Å². The van der Waals surface area contributed by atoms with Crippen molar-refractivity contribution in [1.29, 1.82) is 0 Å². The van der Waals surface area contributed by atoms with Crippen LogP contribution < -0.4 is 10.6 Å². The second-order valence-electron chi connectivity index (χ2n) is 6.44. The van der Waals surface area contributed by atoms with Crippen LogP contribution in [0.1, 0.15) is 42.3 Å². The Labute approximate surface area is 168 Å². The Bertz CT molecular complexity index is 909. The first-order chi connectivity index (χ1) is 13.5. The number of carbonyl (C=O) groups excluding carboxylic acids is 2. The molecule has 28 heavy (non-hydrogen) atoms.